The molecule has 1 aromatic carbocycles. The second-order valence-electron chi connectivity index (χ2n) is 10.9. The summed E-state index contributed by atoms with van der Waals surface area (Å²) in [6, 6.07) is 4.18. The minimum Gasteiger partial charge on any atom is -0.481 e. The Bertz CT molecular complexity index is 1220. The van der Waals surface area contributed by atoms with Crippen molar-refractivity contribution in [1.29, 1.82) is 0 Å². The third-order valence-corrected chi connectivity index (χ3v) is 8.78. The molecule has 0 bridgehead atoms. The van der Waals surface area contributed by atoms with E-state index in [4.69, 9.17) is 16.3 Å². The average molecular weight is 567 g/mol. The lowest BCUT2D eigenvalue weighted by molar-refractivity contribution is -0.157. The highest BCUT2D eigenvalue weighted by Crippen LogP contribution is 2.42. The van der Waals surface area contributed by atoms with Crippen LogP contribution < -0.4 is 10.1 Å². The van der Waals surface area contributed by atoms with Gasteiger partial charge in [-0.05, 0) is 62.1 Å². The summed E-state index contributed by atoms with van der Waals surface area (Å²) in [6.45, 7) is 1.18. The summed E-state index contributed by atoms with van der Waals surface area (Å²) in [5.41, 5.74) is 0.251. The number of carboxylic acids is 1. The lowest BCUT2D eigenvalue weighted by Crippen LogP contribution is -2.56. The lowest BCUT2D eigenvalue weighted by atomic mass is 9.78. The Morgan fingerprint density at radius 3 is 2.64 bits per heavy atom. The van der Waals surface area contributed by atoms with E-state index in [1.165, 1.54) is 18.2 Å². The standard InChI is InChI=1S/C27H33ClF2N4O5/c1-17-2-3-18-15-31-34(22(17)18)27(23(35)32-20-5-4-19(28)14-21(20)39-25(29)30)6-10-33(11-7-27)16-26(24(36)37)8-12-38-13-9-26/h4-5,14-15,17,25H,2-3,6-13,16H2,1H3,(H,32,35)(H,36,37). The van der Waals surface area contributed by atoms with Crippen LogP contribution >= 0.6 is 11.6 Å². The van der Waals surface area contributed by atoms with Gasteiger partial charge in [-0.1, -0.05) is 18.5 Å². The number of hydrogen-bond donors (Lipinski definition) is 2. The third-order valence-electron chi connectivity index (χ3n) is 8.55. The number of aryl methyl sites for hydroxylation is 1. The smallest absolute Gasteiger partial charge is 0.387 e. The van der Waals surface area contributed by atoms with E-state index in [2.05, 4.69) is 27.0 Å². The van der Waals surface area contributed by atoms with Gasteiger partial charge in [0.2, 0.25) is 0 Å². The number of hydrogen-bond acceptors (Lipinski definition) is 6. The summed E-state index contributed by atoms with van der Waals surface area (Å²) in [5.74, 6) is -1.21. The number of fused-ring (bicyclic) bond motifs is 1. The quantitative estimate of drug-likeness (QED) is 0.485. The van der Waals surface area contributed by atoms with Crippen LogP contribution in [0.25, 0.3) is 0 Å². The van der Waals surface area contributed by atoms with Crippen LogP contribution in [0.2, 0.25) is 5.02 Å². The van der Waals surface area contributed by atoms with Crippen LogP contribution in [0, 0.1) is 5.41 Å². The van der Waals surface area contributed by atoms with E-state index in [1.54, 1.807) is 0 Å². The Morgan fingerprint density at radius 1 is 1.26 bits per heavy atom. The molecule has 2 aromatic rings. The molecule has 2 N–H and O–H groups in total. The van der Waals surface area contributed by atoms with E-state index in [9.17, 15) is 23.5 Å². The van der Waals surface area contributed by atoms with Crippen LogP contribution in [-0.4, -0.2) is 71.1 Å². The molecule has 1 aliphatic carbocycles. The first kappa shape index (κ1) is 27.8. The van der Waals surface area contributed by atoms with Crippen molar-refractivity contribution in [2.45, 2.75) is 63.5 Å². The van der Waals surface area contributed by atoms with Gasteiger partial charge >= 0.3 is 12.6 Å². The lowest BCUT2D eigenvalue weighted by Gasteiger charge is -2.44. The molecule has 0 spiro atoms. The fourth-order valence-electron chi connectivity index (χ4n) is 6.24. The largest absolute Gasteiger partial charge is 0.481 e. The molecule has 3 aliphatic rings. The number of alkyl halides is 2. The normalized spacial score (nSPS) is 22.4. The number of halogens is 3. The highest BCUT2D eigenvalue weighted by molar-refractivity contribution is 6.30. The number of likely N-dealkylation sites (tertiary alicyclic amines) is 1. The molecule has 12 heteroatoms. The number of nitrogens with one attached hydrogen (secondary N) is 1. The molecule has 212 valence electrons. The van der Waals surface area contributed by atoms with Crippen LogP contribution in [0.3, 0.4) is 0 Å². The van der Waals surface area contributed by atoms with E-state index in [0.717, 1.165) is 24.1 Å². The van der Waals surface area contributed by atoms with Crippen LogP contribution in [-0.2, 0) is 26.3 Å². The molecule has 2 saturated heterocycles. The van der Waals surface area contributed by atoms with Crippen molar-refractivity contribution in [3.63, 3.8) is 0 Å². The van der Waals surface area contributed by atoms with Gasteiger partial charge in [-0.25, -0.2) is 0 Å². The van der Waals surface area contributed by atoms with Crippen molar-refractivity contribution in [3.8, 4) is 5.75 Å². The Morgan fingerprint density at radius 2 is 1.97 bits per heavy atom. The van der Waals surface area contributed by atoms with Crippen molar-refractivity contribution in [2.75, 3.05) is 38.2 Å². The Labute approximate surface area is 230 Å². The number of anilines is 1. The minimum atomic E-state index is -3.08. The predicted octanol–water partition coefficient (Wildman–Crippen LogP) is 4.50. The van der Waals surface area contributed by atoms with Gasteiger partial charge in [-0.3, -0.25) is 14.3 Å². The Hall–Kier alpha value is -2.76. The molecule has 3 heterocycles. The van der Waals surface area contributed by atoms with Gasteiger partial charge in [-0.2, -0.15) is 13.9 Å². The van der Waals surface area contributed by atoms with Crippen molar-refractivity contribution in [2.24, 2.45) is 5.41 Å². The van der Waals surface area contributed by atoms with Crippen molar-refractivity contribution < 1.29 is 33.0 Å². The molecule has 5 rings (SSSR count). The Balaban J connectivity index is 1.43. The van der Waals surface area contributed by atoms with Gasteiger partial charge in [0.25, 0.3) is 5.91 Å². The molecule has 0 saturated carbocycles. The SMILES string of the molecule is CC1CCc2cnn(C3(C(=O)Nc4ccc(Cl)cc4OC(F)F)CCN(CC4(C(=O)O)CCOCC4)CC3)c21. The monoisotopic (exact) mass is 566 g/mol. The molecule has 2 fully saturated rings. The van der Waals surface area contributed by atoms with E-state index in [-0.39, 0.29) is 28.3 Å². The van der Waals surface area contributed by atoms with E-state index in [1.807, 2.05) is 10.9 Å². The van der Waals surface area contributed by atoms with E-state index in [0.29, 0.717) is 58.5 Å². The summed E-state index contributed by atoms with van der Waals surface area (Å²) in [7, 11) is 0. The number of aromatic nitrogens is 2. The van der Waals surface area contributed by atoms with Crippen LogP contribution in [0.4, 0.5) is 14.5 Å². The number of rotatable bonds is 8. The van der Waals surface area contributed by atoms with Crippen LogP contribution in [0.15, 0.2) is 24.4 Å². The van der Waals surface area contributed by atoms with E-state index < -0.39 is 23.5 Å². The number of amides is 1. The maximum absolute atomic E-state index is 14.1. The zero-order chi connectivity index (χ0) is 27.8. The second kappa shape index (κ2) is 11.0. The fraction of sp³-hybridized carbons (Fsp3) is 0.593. The van der Waals surface area contributed by atoms with Gasteiger partial charge in [-0.15, -0.1) is 0 Å². The molecular formula is C27H33ClF2N4O5. The van der Waals surface area contributed by atoms with Gasteiger partial charge in [0.1, 0.15) is 5.54 Å². The number of ether oxygens (including phenoxy) is 2. The molecule has 1 unspecified atom stereocenters. The number of nitrogens with zero attached hydrogens (tertiary/aromatic N) is 3. The van der Waals surface area contributed by atoms with Gasteiger partial charge in [0.15, 0.2) is 5.75 Å². The fourth-order valence-corrected chi connectivity index (χ4v) is 6.40. The average Bonchev–Trinajstić information content (AvgIpc) is 3.49. The minimum absolute atomic E-state index is 0.0930. The zero-order valence-corrected chi connectivity index (χ0v) is 22.6. The molecule has 1 aromatic heterocycles. The molecular weight excluding hydrogens is 534 g/mol. The highest BCUT2D eigenvalue weighted by atomic mass is 35.5. The first-order chi connectivity index (χ1) is 18.6. The summed E-state index contributed by atoms with van der Waals surface area (Å²) in [5, 5.41) is 17.7. The number of carboxylic acid groups (broad SMARTS) is 1. The number of piperidine rings is 1. The van der Waals surface area contributed by atoms with Crippen molar-refractivity contribution in [1.82, 2.24) is 14.7 Å². The summed E-state index contributed by atoms with van der Waals surface area (Å²) in [6.07, 6.45) is 5.30. The molecule has 0 radical (unpaired) electrons. The van der Waals surface area contributed by atoms with Gasteiger partial charge in [0.05, 0.1) is 17.3 Å². The molecule has 9 nitrogen and oxygen atoms in total. The number of carbonyl (C=O) groups is 2. The third kappa shape index (κ3) is 5.36. The maximum Gasteiger partial charge on any atom is 0.387 e. The highest BCUT2D eigenvalue weighted by Gasteiger charge is 2.49. The number of aliphatic carboxylic acids is 1. The summed E-state index contributed by atoms with van der Waals surface area (Å²) < 4.78 is 38.1. The van der Waals surface area contributed by atoms with E-state index >= 15 is 0 Å². The summed E-state index contributed by atoms with van der Waals surface area (Å²) >= 11 is 6.00. The topological polar surface area (TPSA) is 106 Å². The molecule has 1 atom stereocenters. The molecule has 1 amide bonds. The molecule has 2 aliphatic heterocycles. The zero-order valence-electron chi connectivity index (χ0n) is 21.8. The number of benzene rings is 1. The first-order valence-corrected chi connectivity index (χ1v) is 13.7. The van der Waals surface area contributed by atoms with Crippen molar-refractivity contribution >= 4 is 29.2 Å². The van der Waals surface area contributed by atoms with Crippen LogP contribution in [0.5, 0.6) is 5.75 Å². The second-order valence-corrected chi connectivity index (χ2v) is 11.3. The maximum atomic E-state index is 14.1. The number of carbonyl (C=O) groups excluding carboxylic acids is 1. The predicted molar refractivity (Wildman–Crippen MR) is 139 cm³/mol. The molecule has 39 heavy (non-hydrogen) atoms. The van der Waals surface area contributed by atoms with Gasteiger partial charge < -0.3 is 24.8 Å². The Kier molecular flexibility index (Phi) is 7.85. The van der Waals surface area contributed by atoms with Gasteiger partial charge in [0, 0.05) is 49.6 Å². The van der Waals surface area contributed by atoms with Crippen molar-refractivity contribution in [3.05, 3.63) is 40.7 Å². The first-order valence-electron chi connectivity index (χ1n) is 13.3. The summed E-state index contributed by atoms with van der Waals surface area (Å²) in [4.78, 5) is 28.4. The van der Waals surface area contributed by atoms with Crippen LogP contribution in [0.1, 0.15) is 56.2 Å².